The van der Waals surface area contributed by atoms with Gasteiger partial charge in [-0.15, -0.1) is 0 Å². The van der Waals surface area contributed by atoms with Gasteiger partial charge in [-0.25, -0.2) is 4.98 Å². The van der Waals surface area contributed by atoms with Crippen molar-refractivity contribution in [1.82, 2.24) is 24.6 Å². The van der Waals surface area contributed by atoms with Gasteiger partial charge in [0.1, 0.15) is 17.7 Å². The Hall–Kier alpha value is -2.44. The molecule has 7 nitrogen and oxygen atoms in total. The maximum Gasteiger partial charge on any atom is 0.263 e. The number of carbonyl (C=O) groups is 1. The largest absolute Gasteiger partial charge is 0.342 e. The molecule has 1 N–H and O–H groups in total. The van der Waals surface area contributed by atoms with Crippen molar-refractivity contribution >= 4 is 5.91 Å². The van der Waals surface area contributed by atoms with Crippen LogP contribution in [-0.2, 0) is 13.6 Å². The third-order valence-electron chi connectivity index (χ3n) is 3.73. The third-order valence-corrected chi connectivity index (χ3v) is 3.73. The molecule has 0 saturated carbocycles. The molecule has 0 spiro atoms. The van der Waals surface area contributed by atoms with Crippen molar-refractivity contribution in [2.45, 2.75) is 39.8 Å². The summed E-state index contributed by atoms with van der Waals surface area (Å²) in [4.78, 5) is 29.0. The maximum absolute atomic E-state index is 12.4. The molecule has 0 aliphatic rings. The van der Waals surface area contributed by atoms with Crippen LogP contribution >= 0.6 is 0 Å². The minimum atomic E-state index is -0.387. The van der Waals surface area contributed by atoms with Crippen molar-refractivity contribution in [2.75, 3.05) is 0 Å². The number of nitrogens with zero attached hydrogens (tertiary/aromatic N) is 4. The molecule has 0 unspecified atom stereocenters. The Morgan fingerprint density at radius 2 is 2.09 bits per heavy atom. The second-order valence-corrected chi connectivity index (χ2v) is 5.11. The average Bonchev–Trinajstić information content (AvgIpc) is 2.91. The summed E-state index contributed by atoms with van der Waals surface area (Å²) in [6.07, 6.45) is 2.10. The first-order chi connectivity index (χ1) is 10.5. The van der Waals surface area contributed by atoms with E-state index in [9.17, 15) is 9.59 Å². The Balaban J connectivity index is 2.29. The zero-order chi connectivity index (χ0) is 16.3. The van der Waals surface area contributed by atoms with E-state index in [-0.39, 0.29) is 23.1 Å². The van der Waals surface area contributed by atoms with Gasteiger partial charge >= 0.3 is 0 Å². The number of rotatable bonds is 5. The molecule has 118 valence electrons. The highest BCUT2D eigenvalue weighted by molar-refractivity contribution is 5.94. The molecule has 2 aromatic heterocycles. The summed E-state index contributed by atoms with van der Waals surface area (Å²) in [5, 5.41) is 6.87. The molecular formula is C15H21N5O2. The van der Waals surface area contributed by atoms with Gasteiger partial charge in [0.05, 0.1) is 6.04 Å². The van der Waals surface area contributed by atoms with Gasteiger partial charge in [0.25, 0.3) is 11.5 Å². The van der Waals surface area contributed by atoms with Crippen molar-refractivity contribution in [1.29, 1.82) is 0 Å². The lowest BCUT2D eigenvalue weighted by Crippen LogP contribution is -2.36. The Morgan fingerprint density at radius 1 is 1.36 bits per heavy atom. The van der Waals surface area contributed by atoms with Gasteiger partial charge in [0, 0.05) is 19.3 Å². The lowest BCUT2D eigenvalue weighted by molar-refractivity contribution is 0.0931. The van der Waals surface area contributed by atoms with Gasteiger partial charge in [-0.3, -0.25) is 14.3 Å². The normalized spacial score (nSPS) is 12.2. The molecule has 0 bridgehead atoms. The Kier molecular flexibility index (Phi) is 4.75. The molecule has 0 saturated heterocycles. The van der Waals surface area contributed by atoms with Crippen LogP contribution in [0.5, 0.6) is 0 Å². The number of amides is 1. The fraction of sp³-hybridized carbons (Fsp3) is 0.467. The van der Waals surface area contributed by atoms with Crippen LogP contribution in [0.25, 0.3) is 0 Å². The average molecular weight is 303 g/mol. The number of aryl methyl sites for hydroxylation is 2. The highest BCUT2D eigenvalue weighted by Gasteiger charge is 2.20. The number of nitrogens with one attached hydrogen (secondary N) is 1. The molecule has 0 aromatic carbocycles. The van der Waals surface area contributed by atoms with Crippen molar-refractivity contribution in [3.8, 4) is 0 Å². The monoisotopic (exact) mass is 303 g/mol. The molecular weight excluding hydrogens is 282 g/mol. The maximum atomic E-state index is 12.4. The van der Waals surface area contributed by atoms with Gasteiger partial charge in [0.2, 0.25) is 0 Å². The van der Waals surface area contributed by atoms with Crippen LogP contribution in [0.4, 0.5) is 0 Å². The van der Waals surface area contributed by atoms with Crippen molar-refractivity contribution in [3.05, 3.63) is 45.9 Å². The van der Waals surface area contributed by atoms with Crippen LogP contribution in [-0.4, -0.2) is 25.2 Å². The van der Waals surface area contributed by atoms with E-state index >= 15 is 0 Å². The van der Waals surface area contributed by atoms with E-state index < -0.39 is 0 Å². The summed E-state index contributed by atoms with van der Waals surface area (Å²) in [5.41, 5.74) is 0.713. The van der Waals surface area contributed by atoms with Gasteiger partial charge < -0.3 is 9.88 Å². The van der Waals surface area contributed by atoms with Crippen molar-refractivity contribution in [2.24, 2.45) is 7.05 Å². The van der Waals surface area contributed by atoms with Gasteiger partial charge in [-0.1, -0.05) is 6.92 Å². The van der Waals surface area contributed by atoms with Crippen LogP contribution in [0.15, 0.2) is 23.3 Å². The Morgan fingerprint density at radius 3 is 2.64 bits per heavy atom. The molecule has 0 fully saturated rings. The summed E-state index contributed by atoms with van der Waals surface area (Å²) in [6, 6.07) is 3.07. The van der Waals surface area contributed by atoms with E-state index in [1.54, 1.807) is 28.4 Å². The van der Waals surface area contributed by atoms with Crippen molar-refractivity contribution < 1.29 is 4.79 Å². The smallest absolute Gasteiger partial charge is 0.263 e. The number of hydrogen-bond donors (Lipinski definition) is 1. The lowest BCUT2D eigenvalue weighted by Gasteiger charge is -2.16. The highest BCUT2D eigenvalue weighted by Crippen LogP contribution is 2.13. The summed E-state index contributed by atoms with van der Waals surface area (Å²) in [5.74, 6) is 0.279. The highest BCUT2D eigenvalue weighted by atomic mass is 16.2. The van der Waals surface area contributed by atoms with E-state index in [4.69, 9.17) is 0 Å². The van der Waals surface area contributed by atoms with Crippen LogP contribution in [0.2, 0.25) is 0 Å². The molecule has 2 heterocycles. The summed E-state index contributed by atoms with van der Waals surface area (Å²) in [6.45, 7) is 6.21. The van der Waals surface area contributed by atoms with Crippen LogP contribution in [0.1, 0.15) is 48.2 Å². The van der Waals surface area contributed by atoms with E-state index in [1.807, 2.05) is 20.8 Å². The summed E-state index contributed by atoms with van der Waals surface area (Å²) < 4.78 is 3.20. The first-order valence-electron chi connectivity index (χ1n) is 7.34. The van der Waals surface area contributed by atoms with Gasteiger partial charge in [-0.2, -0.15) is 5.10 Å². The first-order valence-corrected chi connectivity index (χ1v) is 7.34. The number of hydrogen-bond acceptors (Lipinski definition) is 4. The number of carbonyl (C=O) groups excluding carboxylic acids is 1. The number of pyridine rings is 1. The number of aromatic nitrogens is 4. The predicted molar refractivity (Wildman–Crippen MR) is 82.6 cm³/mol. The third kappa shape index (κ3) is 2.93. The first kappa shape index (κ1) is 15.9. The summed E-state index contributed by atoms with van der Waals surface area (Å²) >= 11 is 0. The quantitative estimate of drug-likeness (QED) is 0.899. The van der Waals surface area contributed by atoms with E-state index in [0.29, 0.717) is 18.8 Å². The molecule has 0 radical (unpaired) electrons. The minimum Gasteiger partial charge on any atom is -0.342 e. The standard InChI is InChI=1S/C15H21N5O2/c1-5-12(13-16-9-17-19(13)4)18-14(21)11-8-7-10(3)20(6-2)15(11)22/h7-9,12H,5-6H2,1-4H3,(H,18,21)/t12-/m1/s1. The lowest BCUT2D eigenvalue weighted by atomic mass is 10.1. The molecule has 0 aliphatic carbocycles. The van der Waals surface area contributed by atoms with Gasteiger partial charge in [-0.05, 0) is 32.4 Å². The fourth-order valence-electron chi connectivity index (χ4n) is 2.44. The van der Waals surface area contributed by atoms with E-state index in [2.05, 4.69) is 15.4 Å². The van der Waals surface area contributed by atoms with Crippen LogP contribution in [0, 0.1) is 6.92 Å². The molecule has 1 atom stereocenters. The zero-order valence-corrected chi connectivity index (χ0v) is 13.3. The zero-order valence-electron chi connectivity index (χ0n) is 13.3. The van der Waals surface area contributed by atoms with Gasteiger partial charge in [0.15, 0.2) is 0 Å². The molecule has 7 heteroatoms. The predicted octanol–water partition coefficient (Wildman–Crippen LogP) is 1.19. The fourth-order valence-corrected chi connectivity index (χ4v) is 2.44. The second-order valence-electron chi connectivity index (χ2n) is 5.11. The molecule has 2 aromatic rings. The summed E-state index contributed by atoms with van der Waals surface area (Å²) in [7, 11) is 1.77. The molecule has 1 amide bonds. The van der Waals surface area contributed by atoms with Crippen molar-refractivity contribution in [3.63, 3.8) is 0 Å². The van der Waals surface area contributed by atoms with Crippen LogP contribution in [0.3, 0.4) is 0 Å². The van der Waals surface area contributed by atoms with Crippen LogP contribution < -0.4 is 10.9 Å². The second kappa shape index (κ2) is 6.55. The Bertz CT molecular complexity index is 732. The Labute approximate surface area is 129 Å². The minimum absolute atomic E-state index is 0.146. The van der Waals surface area contributed by atoms with E-state index in [1.165, 1.54) is 6.33 Å². The molecule has 0 aliphatic heterocycles. The SMILES string of the molecule is CC[C@@H](NC(=O)c1ccc(C)n(CC)c1=O)c1ncnn1C. The molecule has 2 rings (SSSR count). The molecule has 22 heavy (non-hydrogen) atoms. The topological polar surface area (TPSA) is 81.8 Å². The van der Waals surface area contributed by atoms with E-state index in [0.717, 1.165) is 5.69 Å².